The summed E-state index contributed by atoms with van der Waals surface area (Å²) in [5.41, 5.74) is -0.119. The van der Waals surface area contributed by atoms with Gasteiger partial charge >= 0.3 is 0 Å². The van der Waals surface area contributed by atoms with Crippen molar-refractivity contribution in [2.75, 3.05) is 0 Å². The molecular formula is C12H12N2O3. The topological polar surface area (TPSA) is 65.1 Å². The van der Waals surface area contributed by atoms with E-state index in [9.17, 15) is 14.9 Å². The molecule has 17 heavy (non-hydrogen) atoms. The minimum atomic E-state index is -0.465. The molecule has 2 aromatic rings. The van der Waals surface area contributed by atoms with Crippen LogP contribution in [0.25, 0.3) is 10.8 Å². The van der Waals surface area contributed by atoms with Crippen LogP contribution in [0.2, 0.25) is 0 Å². The molecule has 0 radical (unpaired) electrons. The molecule has 0 spiro atoms. The van der Waals surface area contributed by atoms with Crippen molar-refractivity contribution in [3.05, 3.63) is 50.9 Å². The van der Waals surface area contributed by atoms with Crippen LogP contribution in [0.1, 0.15) is 19.9 Å². The Kier molecular flexibility index (Phi) is 2.67. The lowest BCUT2D eigenvalue weighted by Crippen LogP contribution is -2.21. The molecule has 88 valence electrons. The summed E-state index contributed by atoms with van der Waals surface area (Å²) in [6, 6.07) is 6.08. The lowest BCUT2D eigenvalue weighted by Gasteiger charge is -2.10. The summed E-state index contributed by atoms with van der Waals surface area (Å²) < 4.78 is 1.61. The summed E-state index contributed by atoms with van der Waals surface area (Å²) in [4.78, 5) is 22.2. The number of non-ortho nitro benzene ring substituents is 1. The molecule has 0 fully saturated rings. The van der Waals surface area contributed by atoms with Crippen LogP contribution < -0.4 is 5.56 Å². The number of hydrogen-bond acceptors (Lipinski definition) is 3. The number of aromatic nitrogens is 1. The quantitative estimate of drug-likeness (QED) is 0.590. The number of nitrogens with zero attached hydrogens (tertiary/aromatic N) is 2. The second-order valence-corrected chi connectivity index (χ2v) is 4.15. The van der Waals surface area contributed by atoms with Gasteiger partial charge in [-0.1, -0.05) is 0 Å². The van der Waals surface area contributed by atoms with E-state index in [1.54, 1.807) is 16.8 Å². The van der Waals surface area contributed by atoms with E-state index in [0.29, 0.717) is 10.8 Å². The van der Waals surface area contributed by atoms with Crippen LogP contribution in [0, 0.1) is 10.1 Å². The highest BCUT2D eigenvalue weighted by Gasteiger charge is 2.10. The smallest absolute Gasteiger partial charge is 0.270 e. The third-order valence-electron chi connectivity index (χ3n) is 2.68. The van der Waals surface area contributed by atoms with Gasteiger partial charge < -0.3 is 4.57 Å². The van der Waals surface area contributed by atoms with Crippen LogP contribution in [-0.2, 0) is 0 Å². The maximum absolute atomic E-state index is 12.0. The van der Waals surface area contributed by atoms with Crippen LogP contribution in [0.5, 0.6) is 0 Å². The number of rotatable bonds is 2. The molecule has 0 saturated carbocycles. The van der Waals surface area contributed by atoms with E-state index in [0.717, 1.165) is 0 Å². The molecule has 0 N–H and O–H groups in total. The Hall–Kier alpha value is -2.17. The molecule has 0 atom stereocenters. The molecule has 0 unspecified atom stereocenters. The molecule has 0 aliphatic carbocycles. The van der Waals surface area contributed by atoms with Crippen LogP contribution in [0.3, 0.4) is 0 Å². The predicted octanol–water partition coefficient (Wildman–Crippen LogP) is 2.49. The summed E-state index contributed by atoms with van der Waals surface area (Å²) in [7, 11) is 0. The van der Waals surface area contributed by atoms with Gasteiger partial charge in [0.15, 0.2) is 0 Å². The number of fused-ring (bicyclic) bond motifs is 1. The van der Waals surface area contributed by atoms with Crippen molar-refractivity contribution in [1.29, 1.82) is 0 Å². The predicted molar refractivity (Wildman–Crippen MR) is 65.2 cm³/mol. The number of hydrogen-bond donors (Lipinski definition) is 0. The van der Waals surface area contributed by atoms with Gasteiger partial charge in [0.1, 0.15) is 0 Å². The number of nitro benzene ring substituents is 1. The Bertz CT molecular complexity index is 644. The average Bonchev–Trinajstić information content (AvgIpc) is 2.28. The van der Waals surface area contributed by atoms with Crippen molar-refractivity contribution < 1.29 is 4.92 Å². The normalized spacial score (nSPS) is 11.0. The monoisotopic (exact) mass is 232 g/mol. The van der Waals surface area contributed by atoms with Gasteiger partial charge in [0.05, 0.1) is 4.92 Å². The molecule has 0 amide bonds. The molecule has 5 heteroatoms. The Morgan fingerprint density at radius 1 is 1.29 bits per heavy atom. The van der Waals surface area contributed by atoms with Gasteiger partial charge in [-0.25, -0.2) is 0 Å². The van der Waals surface area contributed by atoms with E-state index in [-0.39, 0.29) is 17.3 Å². The summed E-state index contributed by atoms with van der Waals surface area (Å²) in [6.07, 6.45) is 1.67. The Morgan fingerprint density at radius 2 is 2.00 bits per heavy atom. The largest absolute Gasteiger partial charge is 0.312 e. The van der Waals surface area contributed by atoms with Gasteiger partial charge in [0, 0.05) is 29.8 Å². The highest BCUT2D eigenvalue weighted by atomic mass is 16.6. The molecule has 1 aromatic heterocycles. The maximum Gasteiger partial charge on any atom is 0.270 e. The third kappa shape index (κ3) is 1.91. The van der Waals surface area contributed by atoms with E-state index < -0.39 is 4.92 Å². The Labute approximate surface area is 97.5 Å². The van der Waals surface area contributed by atoms with Gasteiger partial charge in [-0.15, -0.1) is 0 Å². The van der Waals surface area contributed by atoms with E-state index in [4.69, 9.17) is 0 Å². The van der Waals surface area contributed by atoms with E-state index >= 15 is 0 Å². The van der Waals surface area contributed by atoms with Crippen molar-refractivity contribution in [2.45, 2.75) is 19.9 Å². The van der Waals surface area contributed by atoms with Crippen molar-refractivity contribution in [3.63, 3.8) is 0 Å². The fourth-order valence-electron chi connectivity index (χ4n) is 1.77. The molecule has 1 heterocycles. The molecule has 0 aliphatic heterocycles. The second-order valence-electron chi connectivity index (χ2n) is 4.15. The van der Waals surface area contributed by atoms with Crippen molar-refractivity contribution >= 4 is 16.5 Å². The fraction of sp³-hybridized carbons (Fsp3) is 0.250. The molecule has 0 aliphatic rings. The summed E-state index contributed by atoms with van der Waals surface area (Å²) in [6.45, 7) is 3.83. The first-order chi connectivity index (χ1) is 8.00. The zero-order chi connectivity index (χ0) is 12.6. The highest BCUT2D eigenvalue weighted by molar-refractivity contribution is 5.83. The Morgan fingerprint density at radius 3 is 2.59 bits per heavy atom. The standard InChI is InChI=1S/C12H12N2O3/c1-8(2)13-6-5-9-7-10(14(16)17)3-4-11(9)12(13)15/h3-8H,1-2H3. The van der Waals surface area contributed by atoms with E-state index in [1.807, 2.05) is 13.8 Å². The van der Waals surface area contributed by atoms with Crippen LogP contribution in [-0.4, -0.2) is 9.49 Å². The summed E-state index contributed by atoms with van der Waals surface area (Å²) in [5, 5.41) is 11.7. The van der Waals surface area contributed by atoms with Crippen LogP contribution >= 0.6 is 0 Å². The van der Waals surface area contributed by atoms with Crippen molar-refractivity contribution in [2.24, 2.45) is 0 Å². The molecular weight excluding hydrogens is 220 g/mol. The van der Waals surface area contributed by atoms with Gasteiger partial charge in [-0.05, 0) is 31.4 Å². The summed E-state index contributed by atoms with van der Waals surface area (Å²) in [5.74, 6) is 0. The summed E-state index contributed by atoms with van der Waals surface area (Å²) >= 11 is 0. The third-order valence-corrected chi connectivity index (χ3v) is 2.68. The molecule has 1 aromatic carbocycles. The van der Waals surface area contributed by atoms with Crippen molar-refractivity contribution in [1.82, 2.24) is 4.57 Å². The first kappa shape index (κ1) is 11.3. The average molecular weight is 232 g/mol. The van der Waals surface area contributed by atoms with E-state index in [2.05, 4.69) is 0 Å². The first-order valence-electron chi connectivity index (χ1n) is 5.30. The molecule has 5 nitrogen and oxygen atoms in total. The zero-order valence-electron chi connectivity index (χ0n) is 9.58. The van der Waals surface area contributed by atoms with Gasteiger partial charge in [0.25, 0.3) is 11.2 Å². The molecule has 0 bridgehead atoms. The minimum Gasteiger partial charge on any atom is -0.312 e. The van der Waals surface area contributed by atoms with E-state index in [1.165, 1.54) is 18.2 Å². The first-order valence-corrected chi connectivity index (χ1v) is 5.30. The van der Waals surface area contributed by atoms with Gasteiger partial charge in [0.2, 0.25) is 0 Å². The zero-order valence-corrected chi connectivity index (χ0v) is 9.58. The van der Waals surface area contributed by atoms with Crippen LogP contribution in [0.15, 0.2) is 35.3 Å². The molecule has 0 saturated heterocycles. The lowest BCUT2D eigenvalue weighted by molar-refractivity contribution is -0.384. The highest BCUT2D eigenvalue weighted by Crippen LogP contribution is 2.18. The number of nitro groups is 1. The van der Waals surface area contributed by atoms with Crippen LogP contribution in [0.4, 0.5) is 5.69 Å². The number of benzene rings is 1. The lowest BCUT2D eigenvalue weighted by atomic mass is 10.1. The maximum atomic E-state index is 12.0. The van der Waals surface area contributed by atoms with Crippen molar-refractivity contribution in [3.8, 4) is 0 Å². The van der Waals surface area contributed by atoms with Gasteiger partial charge in [-0.3, -0.25) is 14.9 Å². The fourth-order valence-corrected chi connectivity index (χ4v) is 1.77. The second kappa shape index (κ2) is 4.01. The molecule has 2 rings (SSSR count). The Balaban J connectivity index is 2.73. The van der Waals surface area contributed by atoms with Gasteiger partial charge in [-0.2, -0.15) is 0 Å². The SMILES string of the molecule is CC(C)n1ccc2cc([N+](=O)[O-])ccc2c1=O. The number of pyridine rings is 1. The minimum absolute atomic E-state index is 0.000744.